The maximum atomic E-state index is 12.5. The maximum absolute atomic E-state index is 12.5. The number of thioether (sulfide) groups is 1. The zero-order chi connectivity index (χ0) is 17.7. The van der Waals surface area contributed by atoms with Gasteiger partial charge < -0.3 is 5.32 Å². The van der Waals surface area contributed by atoms with Gasteiger partial charge in [-0.05, 0) is 42.4 Å². The van der Waals surface area contributed by atoms with Gasteiger partial charge in [0.05, 0.1) is 9.82 Å². The van der Waals surface area contributed by atoms with Crippen molar-refractivity contribution in [2.24, 2.45) is 0 Å². The topological polar surface area (TPSA) is 72.2 Å². The van der Waals surface area contributed by atoms with Crippen LogP contribution in [0.5, 0.6) is 0 Å². The van der Waals surface area contributed by atoms with Crippen molar-refractivity contribution in [3.63, 3.8) is 0 Å². The van der Waals surface area contributed by atoms with Crippen molar-refractivity contribution in [3.05, 3.63) is 63.7 Å². The van der Waals surface area contributed by atoms with E-state index in [1.807, 2.05) is 24.3 Å². The van der Waals surface area contributed by atoms with Crippen molar-refractivity contribution in [3.8, 4) is 0 Å². The molecule has 2 aromatic rings. The highest BCUT2D eigenvalue weighted by Gasteiger charge is 2.18. The standard InChI is InChI=1S/C18H20N2O3S/c1-4-12(2)14-7-5-6-8-15(14)19-18(21)13-9-10-17(24-3)16(11-13)20(22)23/h5-12H,4H2,1-3H3,(H,19,21)/t12-/m0/s1. The van der Waals surface area contributed by atoms with Gasteiger partial charge in [-0.3, -0.25) is 14.9 Å². The fraction of sp³-hybridized carbons (Fsp3) is 0.278. The number of benzene rings is 2. The number of nitro groups is 1. The van der Waals surface area contributed by atoms with Crippen LogP contribution in [0.3, 0.4) is 0 Å². The van der Waals surface area contributed by atoms with Crippen LogP contribution in [0.2, 0.25) is 0 Å². The van der Waals surface area contributed by atoms with Crippen LogP contribution >= 0.6 is 11.8 Å². The molecule has 0 heterocycles. The highest BCUT2D eigenvalue weighted by Crippen LogP contribution is 2.30. The number of rotatable bonds is 6. The molecule has 2 rings (SSSR count). The van der Waals surface area contributed by atoms with Gasteiger partial charge >= 0.3 is 0 Å². The fourth-order valence-corrected chi connectivity index (χ4v) is 2.98. The van der Waals surface area contributed by atoms with Crippen molar-refractivity contribution in [1.29, 1.82) is 0 Å². The molecule has 0 saturated heterocycles. The number of anilines is 1. The molecule has 1 atom stereocenters. The summed E-state index contributed by atoms with van der Waals surface area (Å²) in [5, 5.41) is 14.0. The van der Waals surface area contributed by atoms with E-state index >= 15 is 0 Å². The predicted octanol–water partition coefficient (Wildman–Crippen LogP) is 5.08. The lowest BCUT2D eigenvalue weighted by Crippen LogP contribution is -2.14. The van der Waals surface area contributed by atoms with Gasteiger partial charge in [-0.25, -0.2) is 0 Å². The number of nitro benzene ring substituents is 1. The maximum Gasteiger partial charge on any atom is 0.283 e. The third-order valence-corrected chi connectivity index (χ3v) is 4.78. The summed E-state index contributed by atoms with van der Waals surface area (Å²) in [5.74, 6) is -0.0313. The lowest BCUT2D eigenvalue weighted by atomic mass is 9.97. The second kappa shape index (κ2) is 7.97. The summed E-state index contributed by atoms with van der Waals surface area (Å²) in [6.45, 7) is 4.19. The van der Waals surface area contributed by atoms with E-state index < -0.39 is 4.92 Å². The number of nitrogens with one attached hydrogen (secondary N) is 1. The molecule has 126 valence electrons. The monoisotopic (exact) mass is 344 g/mol. The minimum Gasteiger partial charge on any atom is -0.322 e. The molecule has 0 saturated carbocycles. The smallest absolute Gasteiger partial charge is 0.283 e. The molecular weight excluding hydrogens is 324 g/mol. The van der Waals surface area contributed by atoms with E-state index in [0.29, 0.717) is 10.8 Å². The van der Waals surface area contributed by atoms with Gasteiger partial charge in [0.25, 0.3) is 11.6 Å². The average Bonchev–Trinajstić information content (AvgIpc) is 2.60. The number of amides is 1. The van der Waals surface area contributed by atoms with Gasteiger partial charge in [-0.2, -0.15) is 0 Å². The van der Waals surface area contributed by atoms with Crippen LogP contribution in [-0.4, -0.2) is 17.1 Å². The molecule has 1 amide bonds. The molecule has 0 radical (unpaired) electrons. The molecule has 5 nitrogen and oxygen atoms in total. The Kier molecular flexibility index (Phi) is 5.98. The van der Waals surface area contributed by atoms with Crippen LogP contribution in [0.1, 0.15) is 42.1 Å². The van der Waals surface area contributed by atoms with E-state index in [-0.39, 0.29) is 17.2 Å². The van der Waals surface area contributed by atoms with E-state index in [9.17, 15) is 14.9 Å². The van der Waals surface area contributed by atoms with Crippen LogP contribution < -0.4 is 5.32 Å². The molecule has 0 aliphatic rings. The third-order valence-electron chi connectivity index (χ3n) is 3.99. The average molecular weight is 344 g/mol. The van der Waals surface area contributed by atoms with Gasteiger partial charge in [0.15, 0.2) is 0 Å². The Bertz CT molecular complexity index is 762. The lowest BCUT2D eigenvalue weighted by Gasteiger charge is -2.15. The summed E-state index contributed by atoms with van der Waals surface area (Å²) >= 11 is 1.28. The minimum atomic E-state index is -0.463. The zero-order valence-corrected chi connectivity index (χ0v) is 14.7. The highest BCUT2D eigenvalue weighted by atomic mass is 32.2. The number of hydrogen-bond donors (Lipinski definition) is 1. The van der Waals surface area contributed by atoms with Crippen LogP contribution in [0.4, 0.5) is 11.4 Å². The summed E-state index contributed by atoms with van der Waals surface area (Å²) in [7, 11) is 0. The first-order valence-corrected chi connectivity index (χ1v) is 8.93. The second-order valence-electron chi connectivity index (χ2n) is 5.49. The van der Waals surface area contributed by atoms with Gasteiger partial charge in [0.1, 0.15) is 0 Å². The number of carbonyl (C=O) groups is 1. The number of nitrogens with zero attached hydrogens (tertiary/aromatic N) is 1. The normalized spacial score (nSPS) is 11.8. The van der Waals surface area contributed by atoms with Crippen molar-refractivity contribution in [1.82, 2.24) is 0 Å². The van der Waals surface area contributed by atoms with E-state index in [1.165, 1.54) is 17.8 Å². The Morgan fingerprint density at radius 3 is 2.62 bits per heavy atom. The zero-order valence-electron chi connectivity index (χ0n) is 13.9. The molecule has 0 fully saturated rings. The van der Waals surface area contributed by atoms with Crippen molar-refractivity contribution in [2.45, 2.75) is 31.1 Å². The summed E-state index contributed by atoms with van der Waals surface area (Å²) in [6, 6.07) is 12.2. The third kappa shape index (κ3) is 3.94. The molecule has 0 unspecified atom stereocenters. The Hall–Kier alpha value is -2.34. The van der Waals surface area contributed by atoms with E-state index in [2.05, 4.69) is 19.2 Å². The van der Waals surface area contributed by atoms with Crippen LogP contribution in [0.15, 0.2) is 47.4 Å². The van der Waals surface area contributed by atoms with Gasteiger partial charge in [-0.1, -0.05) is 32.0 Å². The first kappa shape index (κ1) is 18.0. The van der Waals surface area contributed by atoms with Gasteiger partial charge in [-0.15, -0.1) is 11.8 Å². The SMILES string of the molecule is CC[C@H](C)c1ccccc1NC(=O)c1ccc(SC)c([N+](=O)[O-])c1. The van der Waals surface area contributed by atoms with E-state index in [1.54, 1.807) is 18.4 Å². The molecule has 0 aromatic heterocycles. The van der Waals surface area contributed by atoms with Gasteiger partial charge in [0.2, 0.25) is 0 Å². The molecule has 0 spiro atoms. The van der Waals surface area contributed by atoms with Crippen LogP contribution in [0, 0.1) is 10.1 Å². The summed E-state index contributed by atoms with van der Waals surface area (Å²) in [5.41, 5.74) is 2.03. The number of carbonyl (C=O) groups excluding carboxylic acids is 1. The Balaban J connectivity index is 2.31. The summed E-state index contributed by atoms with van der Waals surface area (Å²) in [6.07, 6.45) is 2.73. The molecule has 24 heavy (non-hydrogen) atoms. The molecule has 1 N–H and O–H groups in total. The van der Waals surface area contributed by atoms with Crippen LogP contribution in [0.25, 0.3) is 0 Å². The summed E-state index contributed by atoms with van der Waals surface area (Å²) < 4.78 is 0. The molecular formula is C18H20N2O3S. The molecule has 0 aliphatic heterocycles. The van der Waals surface area contributed by atoms with Crippen LogP contribution in [-0.2, 0) is 0 Å². The van der Waals surface area contributed by atoms with Crippen molar-refractivity contribution < 1.29 is 9.72 Å². The van der Waals surface area contributed by atoms with E-state index in [4.69, 9.17) is 0 Å². The van der Waals surface area contributed by atoms with Crippen molar-refractivity contribution >= 4 is 29.0 Å². The van der Waals surface area contributed by atoms with Gasteiger partial charge in [0, 0.05) is 17.3 Å². The lowest BCUT2D eigenvalue weighted by molar-refractivity contribution is -0.387. The Morgan fingerprint density at radius 1 is 1.29 bits per heavy atom. The predicted molar refractivity (Wildman–Crippen MR) is 98.0 cm³/mol. The Morgan fingerprint density at radius 2 is 2.00 bits per heavy atom. The Labute approximate surface area is 145 Å². The number of para-hydroxylation sites is 1. The first-order valence-electron chi connectivity index (χ1n) is 7.70. The second-order valence-corrected chi connectivity index (χ2v) is 6.34. The van der Waals surface area contributed by atoms with E-state index in [0.717, 1.165) is 17.7 Å². The molecule has 0 bridgehead atoms. The quantitative estimate of drug-likeness (QED) is 0.450. The minimum absolute atomic E-state index is 0.0506. The molecule has 0 aliphatic carbocycles. The highest BCUT2D eigenvalue weighted by molar-refractivity contribution is 7.98. The fourth-order valence-electron chi connectivity index (χ4n) is 2.43. The molecule has 6 heteroatoms. The van der Waals surface area contributed by atoms with Crippen molar-refractivity contribution in [2.75, 3.05) is 11.6 Å². The molecule has 2 aromatic carbocycles. The largest absolute Gasteiger partial charge is 0.322 e. The number of hydrogen-bond acceptors (Lipinski definition) is 4. The summed E-state index contributed by atoms with van der Waals surface area (Å²) in [4.78, 5) is 23.7. The first-order chi connectivity index (χ1) is 11.5.